The molecule has 0 saturated heterocycles. The first-order valence-electron chi connectivity index (χ1n) is 5.67. The lowest BCUT2D eigenvalue weighted by Gasteiger charge is -2.29. The fourth-order valence-corrected chi connectivity index (χ4v) is 2.35. The molecule has 2 heteroatoms. The smallest absolute Gasteiger partial charge is 0.0409 e. The van der Waals surface area contributed by atoms with Crippen LogP contribution in [0, 0.1) is 0 Å². The number of hydrogen-bond acceptors (Lipinski definition) is 1. The van der Waals surface area contributed by atoms with Crippen LogP contribution >= 0.6 is 15.9 Å². The summed E-state index contributed by atoms with van der Waals surface area (Å²) < 4.78 is 1.11. The predicted molar refractivity (Wildman–Crippen MR) is 69.8 cm³/mol. The van der Waals surface area contributed by atoms with E-state index in [0.29, 0.717) is 0 Å². The van der Waals surface area contributed by atoms with Crippen LogP contribution in [-0.2, 0) is 5.54 Å². The van der Waals surface area contributed by atoms with Crippen molar-refractivity contribution in [3.8, 4) is 0 Å². The molecule has 15 heavy (non-hydrogen) atoms. The zero-order chi connectivity index (χ0) is 11.3. The molecule has 1 nitrogen and oxygen atoms in total. The van der Waals surface area contributed by atoms with E-state index in [1.165, 1.54) is 5.56 Å². The topological polar surface area (TPSA) is 26.0 Å². The number of nitrogens with two attached hydrogens (primary N) is 1. The Bertz CT molecular complexity index is 286. The summed E-state index contributed by atoms with van der Waals surface area (Å²) in [5.41, 5.74) is 7.60. The van der Waals surface area contributed by atoms with Crippen LogP contribution in [0.1, 0.15) is 45.1 Å². The van der Waals surface area contributed by atoms with Gasteiger partial charge in [-0.1, -0.05) is 54.8 Å². The molecule has 1 aromatic carbocycles. The molecule has 0 unspecified atom stereocenters. The van der Waals surface area contributed by atoms with Gasteiger partial charge in [-0.2, -0.15) is 0 Å². The van der Waals surface area contributed by atoms with Crippen LogP contribution in [0.4, 0.5) is 0 Å². The third-order valence-corrected chi connectivity index (χ3v) is 3.34. The van der Waals surface area contributed by atoms with Crippen molar-refractivity contribution in [2.24, 2.45) is 5.73 Å². The van der Waals surface area contributed by atoms with Crippen LogP contribution in [0.3, 0.4) is 0 Å². The molecule has 0 bridgehead atoms. The summed E-state index contributed by atoms with van der Waals surface area (Å²) >= 11 is 3.45. The minimum Gasteiger partial charge on any atom is -0.321 e. The SMILES string of the molecule is CCCC(N)(CCC)c1ccc(Br)cc1. The van der Waals surface area contributed by atoms with Gasteiger partial charge in [-0.15, -0.1) is 0 Å². The molecule has 0 radical (unpaired) electrons. The summed E-state index contributed by atoms with van der Waals surface area (Å²) in [6.45, 7) is 4.38. The molecule has 1 rings (SSSR count). The van der Waals surface area contributed by atoms with E-state index in [-0.39, 0.29) is 5.54 Å². The van der Waals surface area contributed by atoms with Crippen molar-refractivity contribution < 1.29 is 0 Å². The first-order valence-corrected chi connectivity index (χ1v) is 6.46. The van der Waals surface area contributed by atoms with E-state index in [4.69, 9.17) is 5.73 Å². The fourth-order valence-electron chi connectivity index (χ4n) is 2.09. The highest BCUT2D eigenvalue weighted by atomic mass is 79.9. The molecule has 0 aromatic heterocycles. The Balaban J connectivity index is 2.92. The van der Waals surface area contributed by atoms with Crippen molar-refractivity contribution in [3.63, 3.8) is 0 Å². The van der Waals surface area contributed by atoms with Crippen LogP contribution < -0.4 is 5.73 Å². The lowest BCUT2D eigenvalue weighted by atomic mass is 9.83. The largest absolute Gasteiger partial charge is 0.321 e. The Morgan fingerprint density at radius 3 is 1.93 bits per heavy atom. The lowest BCUT2D eigenvalue weighted by molar-refractivity contribution is 0.369. The molecule has 0 aliphatic carbocycles. The zero-order valence-electron chi connectivity index (χ0n) is 9.59. The van der Waals surface area contributed by atoms with E-state index in [1.54, 1.807) is 0 Å². The second-order valence-electron chi connectivity index (χ2n) is 4.16. The Labute approximate surface area is 101 Å². The molecule has 1 aromatic rings. The third-order valence-electron chi connectivity index (χ3n) is 2.81. The molecule has 2 N–H and O–H groups in total. The molecular weight excluding hydrogens is 250 g/mol. The monoisotopic (exact) mass is 269 g/mol. The normalized spacial score (nSPS) is 11.7. The highest BCUT2D eigenvalue weighted by Gasteiger charge is 2.24. The van der Waals surface area contributed by atoms with Gasteiger partial charge in [0.15, 0.2) is 0 Å². The minimum atomic E-state index is -0.135. The average molecular weight is 270 g/mol. The van der Waals surface area contributed by atoms with Gasteiger partial charge in [0.1, 0.15) is 0 Å². The van der Waals surface area contributed by atoms with Gasteiger partial charge in [-0.05, 0) is 30.5 Å². The molecule has 0 atom stereocenters. The van der Waals surface area contributed by atoms with E-state index >= 15 is 0 Å². The van der Waals surface area contributed by atoms with Gasteiger partial charge in [0, 0.05) is 10.0 Å². The van der Waals surface area contributed by atoms with Gasteiger partial charge < -0.3 is 5.73 Å². The molecule has 0 fully saturated rings. The summed E-state index contributed by atoms with van der Waals surface area (Å²) in [7, 11) is 0. The van der Waals surface area contributed by atoms with Gasteiger partial charge in [0.25, 0.3) is 0 Å². The molecule has 0 aliphatic rings. The van der Waals surface area contributed by atoms with Crippen LogP contribution in [0.25, 0.3) is 0 Å². The Kier molecular flexibility index (Phi) is 4.81. The van der Waals surface area contributed by atoms with Crippen LogP contribution in [0.2, 0.25) is 0 Å². The van der Waals surface area contributed by atoms with Gasteiger partial charge in [0.05, 0.1) is 0 Å². The molecule has 0 spiro atoms. The van der Waals surface area contributed by atoms with E-state index in [0.717, 1.165) is 30.2 Å². The number of hydrogen-bond donors (Lipinski definition) is 1. The highest BCUT2D eigenvalue weighted by Crippen LogP contribution is 2.29. The summed E-state index contributed by atoms with van der Waals surface area (Å²) in [6.07, 6.45) is 4.38. The van der Waals surface area contributed by atoms with Crippen molar-refractivity contribution in [1.29, 1.82) is 0 Å². The average Bonchev–Trinajstić information content (AvgIpc) is 2.19. The Morgan fingerprint density at radius 1 is 1.07 bits per heavy atom. The van der Waals surface area contributed by atoms with Gasteiger partial charge in [-0.3, -0.25) is 0 Å². The maximum absolute atomic E-state index is 6.48. The summed E-state index contributed by atoms with van der Waals surface area (Å²) in [4.78, 5) is 0. The van der Waals surface area contributed by atoms with E-state index in [2.05, 4.69) is 54.0 Å². The molecule has 84 valence electrons. The van der Waals surface area contributed by atoms with Crippen molar-refractivity contribution in [3.05, 3.63) is 34.3 Å². The maximum Gasteiger partial charge on any atom is 0.0409 e. The number of rotatable bonds is 5. The van der Waals surface area contributed by atoms with E-state index in [9.17, 15) is 0 Å². The molecule has 0 amide bonds. The second-order valence-corrected chi connectivity index (χ2v) is 5.08. The highest BCUT2D eigenvalue weighted by molar-refractivity contribution is 9.10. The van der Waals surface area contributed by atoms with E-state index < -0.39 is 0 Å². The molecule has 0 heterocycles. The van der Waals surface area contributed by atoms with Gasteiger partial charge in [0.2, 0.25) is 0 Å². The zero-order valence-corrected chi connectivity index (χ0v) is 11.2. The predicted octanol–water partition coefficient (Wildman–Crippen LogP) is 4.20. The Morgan fingerprint density at radius 2 is 1.53 bits per heavy atom. The second kappa shape index (κ2) is 5.66. The van der Waals surface area contributed by atoms with Crippen LogP contribution in [0.5, 0.6) is 0 Å². The first-order chi connectivity index (χ1) is 7.12. The third kappa shape index (κ3) is 3.32. The fraction of sp³-hybridized carbons (Fsp3) is 0.538. The van der Waals surface area contributed by atoms with Crippen molar-refractivity contribution >= 4 is 15.9 Å². The first kappa shape index (κ1) is 12.7. The standard InChI is InChI=1S/C13H20BrN/c1-3-9-13(15,10-4-2)11-5-7-12(14)8-6-11/h5-8H,3-4,9-10,15H2,1-2H3. The van der Waals surface area contributed by atoms with Gasteiger partial charge >= 0.3 is 0 Å². The Hall–Kier alpha value is -0.340. The minimum absolute atomic E-state index is 0.135. The van der Waals surface area contributed by atoms with Gasteiger partial charge in [-0.25, -0.2) is 0 Å². The number of halogens is 1. The van der Waals surface area contributed by atoms with Crippen LogP contribution in [-0.4, -0.2) is 0 Å². The summed E-state index contributed by atoms with van der Waals surface area (Å²) in [6, 6.07) is 8.41. The summed E-state index contributed by atoms with van der Waals surface area (Å²) in [5, 5.41) is 0. The van der Waals surface area contributed by atoms with Crippen molar-refractivity contribution in [2.75, 3.05) is 0 Å². The molecular formula is C13H20BrN. The van der Waals surface area contributed by atoms with E-state index in [1.807, 2.05) is 0 Å². The quantitative estimate of drug-likeness (QED) is 0.852. The van der Waals surface area contributed by atoms with Crippen molar-refractivity contribution in [1.82, 2.24) is 0 Å². The van der Waals surface area contributed by atoms with Crippen LogP contribution in [0.15, 0.2) is 28.7 Å². The lowest BCUT2D eigenvalue weighted by Crippen LogP contribution is -2.36. The van der Waals surface area contributed by atoms with Crippen molar-refractivity contribution in [2.45, 2.75) is 45.1 Å². The number of benzene rings is 1. The maximum atomic E-state index is 6.48. The molecule has 0 aliphatic heterocycles. The molecule has 0 saturated carbocycles. The summed E-state index contributed by atoms with van der Waals surface area (Å²) in [5.74, 6) is 0.